The van der Waals surface area contributed by atoms with Gasteiger partial charge in [-0.2, -0.15) is 0 Å². The number of carbonyl (C=O) groups excluding carboxylic acids is 1. The molecule has 0 bridgehead atoms. The predicted octanol–water partition coefficient (Wildman–Crippen LogP) is 3.37. The van der Waals surface area contributed by atoms with Crippen molar-refractivity contribution in [3.05, 3.63) is 53.1 Å². The number of hydrogen-bond donors (Lipinski definition) is 2. The summed E-state index contributed by atoms with van der Waals surface area (Å²) < 4.78 is 27.6. The quantitative estimate of drug-likeness (QED) is 0.901. The maximum Gasteiger partial charge on any atom is 0.261 e. The fourth-order valence-corrected chi connectivity index (χ4v) is 3.19. The molecule has 23 heavy (non-hydrogen) atoms. The third-order valence-corrected chi connectivity index (χ3v) is 4.90. The fourth-order valence-electron chi connectivity index (χ4n) is 2.11. The van der Waals surface area contributed by atoms with Gasteiger partial charge in [0.05, 0.1) is 16.3 Å². The summed E-state index contributed by atoms with van der Waals surface area (Å²) in [6.45, 7) is 7.06. The molecule has 0 heterocycles. The molecule has 2 aromatic rings. The normalized spacial score (nSPS) is 11.1. The summed E-state index contributed by atoms with van der Waals surface area (Å²) in [6, 6.07) is 10.1. The van der Waals surface area contributed by atoms with E-state index in [1.54, 1.807) is 36.4 Å². The van der Waals surface area contributed by atoms with Gasteiger partial charge in [0.2, 0.25) is 5.91 Å². The number of amides is 1. The zero-order valence-corrected chi connectivity index (χ0v) is 14.4. The molecule has 0 aliphatic carbocycles. The molecule has 0 spiro atoms. The van der Waals surface area contributed by atoms with Crippen LogP contribution >= 0.6 is 0 Å². The van der Waals surface area contributed by atoms with Crippen molar-refractivity contribution in [3.63, 3.8) is 0 Å². The second-order valence-corrected chi connectivity index (χ2v) is 7.26. The number of carbonyl (C=O) groups is 1. The van der Waals surface area contributed by atoms with Crippen molar-refractivity contribution >= 4 is 27.3 Å². The van der Waals surface area contributed by atoms with E-state index in [4.69, 9.17) is 0 Å². The van der Waals surface area contributed by atoms with E-state index in [2.05, 4.69) is 10.0 Å². The molecule has 2 aromatic carbocycles. The van der Waals surface area contributed by atoms with Gasteiger partial charge in [-0.1, -0.05) is 17.7 Å². The monoisotopic (exact) mass is 332 g/mol. The first-order valence-corrected chi connectivity index (χ1v) is 8.65. The average molecular weight is 332 g/mol. The van der Waals surface area contributed by atoms with Crippen LogP contribution in [0.2, 0.25) is 0 Å². The smallest absolute Gasteiger partial charge is 0.261 e. The maximum atomic E-state index is 12.5. The molecule has 2 rings (SSSR count). The third kappa shape index (κ3) is 4.10. The van der Waals surface area contributed by atoms with Crippen LogP contribution < -0.4 is 10.0 Å². The number of rotatable bonds is 4. The first-order chi connectivity index (χ1) is 10.7. The van der Waals surface area contributed by atoms with Crippen molar-refractivity contribution in [2.45, 2.75) is 32.6 Å². The highest BCUT2D eigenvalue weighted by atomic mass is 32.2. The lowest BCUT2D eigenvalue weighted by atomic mass is 10.1. The number of aryl methyl sites for hydroxylation is 3. The van der Waals surface area contributed by atoms with E-state index in [-0.39, 0.29) is 10.8 Å². The molecule has 1 amide bonds. The zero-order valence-electron chi connectivity index (χ0n) is 13.6. The van der Waals surface area contributed by atoms with Gasteiger partial charge in [-0.15, -0.1) is 0 Å². The number of benzene rings is 2. The molecule has 0 saturated heterocycles. The van der Waals surface area contributed by atoms with E-state index in [9.17, 15) is 13.2 Å². The van der Waals surface area contributed by atoms with E-state index in [0.29, 0.717) is 11.4 Å². The lowest BCUT2D eigenvalue weighted by molar-refractivity contribution is -0.114. The number of hydrogen-bond acceptors (Lipinski definition) is 3. The Morgan fingerprint density at radius 2 is 1.43 bits per heavy atom. The Kier molecular flexibility index (Phi) is 4.75. The highest BCUT2D eigenvalue weighted by molar-refractivity contribution is 7.92. The van der Waals surface area contributed by atoms with Gasteiger partial charge in [0.25, 0.3) is 10.0 Å². The second-order valence-electron chi connectivity index (χ2n) is 5.58. The molecule has 0 aromatic heterocycles. The van der Waals surface area contributed by atoms with Gasteiger partial charge < -0.3 is 5.32 Å². The fraction of sp³-hybridized carbons (Fsp3) is 0.235. The summed E-state index contributed by atoms with van der Waals surface area (Å²) >= 11 is 0. The predicted molar refractivity (Wildman–Crippen MR) is 92.2 cm³/mol. The molecule has 0 unspecified atom stereocenters. The minimum absolute atomic E-state index is 0.176. The number of nitrogens with one attached hydrogen (secondary N) is 2. The van der Waals surface area contributed by atoms with E-state index >= 15 is 0 Å². The minimum atomic E-state index is -3.72. The summed E-state index contributed by atoms with van der Waals surface area (Å²) in [6.07, 6.45) is 0. The Hall–Kier alpha value is -2.34. The van der Waals surface area contributed by atoms with Crippen molar-refractivity contribution < 1.29 is 13.2 Å². The lowest BCUT2D eigenvalue weighted by Crippen LogP contribution is -2.16. The largest absolute Gasteiger partial charge is 0.325 e. The first kappa shape index (κ1) is 17.0. The SMILES string of the molecule is CC(=O)Nc1cc(C)c(C)cc1NS(=O)(=O)c1ccc(C)cc1. The molecule has 0 aliphatic rings. The van der Waals surface area contributed by atoms with Crippen molar-refractivity contribution in [1.29, 1.82) is 0 Å². The van der Waals surface area contributed by atoms with Crippen LogP contribution in [0.15, 0.2) is 41.3 Å². The van der Waals surface area contributed by atoms with Gasteiger partial charge in [0.1, 0.15) is 0 Å². The third-order valence-electron chi connectivity index (χ3n) is 3.52. The summed E-state index contributed by atoms with van der Waals surface area (Å²) in [4.78, 5) is 11.5. The van der Waals surface area contributed by atoms with Crippen molar-refractivity contribution in [2.24, 2.45) is 0 Å². The van der Waals surface area contributed by atoms with Crippen LogP contribution in [0.5, 0.6) is 0 Å². The highest BCUT2D eigenvalue weighted by Crippen LogP contribution is 2.28. The Labute approximate surface area is 136 Å². The Balaban J connectivity index is 2.43. The summed E-state index contributed by atoms with van der Waals surface area (Å²) in [7, 11) is -3.72. The summed E-state index contributed by atoms with van der Waals surface area (Å²) in [5.74, 6) is -0.260. The molecule has 0 fully saturated rings. The molecule has 6 heteroatoms. The maximum absolute atomic E-state index is 12.5. The molecule has 122 valence electrons. The molecular weight excluding hydrogens is 312 g/mol. The van der Waals surface area contributed by atoms with Gasteiger partial charge >= 0.3 is 0 Å². The van der Waals surface area contributed by atoms with E-state index in [1.807, 2.05) is 20.8 Å². The van der Waals surface area contributed by atoms with Gasteiger partial charge in [0.15, 0.2) is 0 Å². The molecule has 0 radical (unpaired) electrons. The highest BCUT2D eigenvalue weighted by Gasteiger charge is 2.17. The molecule has 0 saturated carbocycles. The van der Waals surface area contributed by atoms with Gasteiger partial charge in [-0.05, 0) is 56.2 Å². The van der Waals surface area contributed by atoms with E-state index in [1.165, 1.54) is 6.92 Å². The minimum Gasteiger partial charge on any atom is -0.325 e. The molecule has 5 nitrogen and oxygen atoms in total. The van der Waals surface area contributed by atoms with Crippen LogP contribution in [-0.2, 0) is 14.8 Å². The van der Waals surface area contributed by atoms with E-state index in [0.717, 1.165) is 16.7 Å². The Morgan fingerprint density at radius 1 is 0.913 bits per heavy atom. The van der Waals surface area contributed by atoms with Crippen LogP contribution in [0, 0.1) is 20.8 Å². The second kappa shape index (κ2) is 6.42. The summed E-state index contributed by atoms with van der Waals surface area (Å²) in [5, 5.41) is 2.66. The topological polar surface area (TPSA) is 75.3 Å². The van der Waals surface area contributed by atoms with Crippen LogP contribution in [0.4, 0.5) is 11.4 Å². The number of anilines is 2. The molecule has 0 aliphatic heterocycles. The Bertz CT molecular complexity index is 841. The van der Waals surface area contributed by atoms with Crippen LogP contribution in [0.25, 0.3) is 0 Å². The van der Waals surface area contributed by atoms with Crippen LogP contribution in [0.1, 0.15) is 23.6 Å². The zero-order chi connectivity index (χ0) is 17.2. The van der Waals surface area contributed by atoms with Gasteiger partial charge in [-0.3, -0.25) is 9.52 Å². The standard InChI is InChI=1S/C17H20N2O3S/c1-11-5-7-15(8-6-11)23(21,22)19-17-10-13(3)12(2)9-16(17)18-14(4)20/h5-10,19H,1-4H3,(H,18,20). The number of sulfonamides is 1. The van der Waals surface area contributed by atoms with E-state index < -0.39 is 10.0 Å². The van der Waals surface area contributed by atoms with Crippen molar-refractivity contribution in [3.8, 4) is 0 Å². The van der Waals surface area contributed by atoms with Crippen molar-refractivity contribution in [2.75, 3.05) is 10.0 Å². The lowest BCUT2D eigenvalue weighted by Gasteiger charge is -2.15. The van der Waals surface area contributed by atoms with Gasteiger partial charge in [-0.25, -0.2) is 8.42 Å². The summed E-state index contributed by atoms with van der Waals surface area (Å²) in [5.41, 5.74) is 3.67. The van der Waals surface area contributed by atoms with Gasteiger partial charge in [0, 0.05) is 6.92 Å². The average Bonchev–Trinajstić information content (AvgIpc) is 2.44. The molecule has 2 N–H and O–H groups in total. The Morgan fingerprint density at radius 3 is 1.96 bits per heavy atom. The van der Waals surface area contributed by atoms with Crippen LogP contribution in [-0.4, -0.2) is 14.3 Å². The molecular formula is C17H20N2O3S. The van der Waals surface area contributed by atoms with Crippen molar-refractivity contribution in [1.82, 2.24) is 0 Å². The first-order valence-electron chi connectivity index (χ1n) is 7.17. The molecule has 0 atom stereocenters. The van der Waals surface area contributed by atoms with Crippen LogP contribution in [0.3, 0.4) is 0 Å².